The number of carbonyl (C=O) groups excluding carboxylic acids is 1. The highest BCUT2D eigenvalue weighted by molar-refractivity contribution is 6.30. The standard InChI is InChI=1S/C9H8ClO/c1-2-9(11)7-3-5-8(10)6-4-7/h3-6H,1-2H2. The molecule has 0 N–H and O–H groups in total. The number of rotatable bonds is 2. The van der Waals surface area contributed by atoms with Crippen LogP contribution in [0.25, 0.3) is 0 Å². The summed E-state index contributed by atoms with van der Waals surface area (Å²) in [5.41, 5.74) is 0.671. The van der Waals surface area contributed by atoms with Crippen molar-refractivity contribution in [3.05, 3.63) is 41.8 Å². The summed E-state index contributed by atoms with van der Waals surface area (Å²) in [6.07, 6.45) is 0.293. The quantitative estimate of drug-likeness (QED) is 0.619. The van der Waals surface area contributed by atoms with Gasteiger partial charge in [0.2, 0.25) is 0 Å². The first-order chi connectivity index (χ1) is 5.24. The Morgan fingerprint density at radius 3 is 2.36 bits per heavy atom. The van der Waals surface area contributed by atoms with E-state index in [0.717, 1.165) is 0 Å². The molecule has 0 heterocycles. The van der Waals surface area contributed by atoms with Crippen molar-refractivity contribution in [1.29, 1.82) is 0 Å². The number of halogens is 1. The van der Waals surface area contributed by atoms with Gasteiger partial charge < -0.3 is 0 Å². The molecule has 0 saturated heterocycles. The van der Waals surface area contributed by atoms with Gasteiger partial charge in [0.1, 0.15) is 0 Å². The summed E-state index contributed by atoms with van der Waals surface area (Å²) in [7, 11) is 0. The molecule has 11 heavy (non-hydrogen) atoms. The minimum Gasteiger partial charge on any atom is -0.294 e. The van der Waals surface area contributed by atoms with Gasteiger partial charge >= 0.3 is 0 Å². The Bertz CT molecular complexity index is 251. The Hall–Kier alpha value is -0.820. The van der Waals surface area contributed by atoms with Crippen LogP contribution < -0.4 is 0 Å². The van der Waals surface area contributed by atoms with E-state index in [4.69, 9.17) is 11.6 Å². The first-order valence-electron chi connectivity index (χ1n) is 3.32. The van der Waals surface area contributed by atoms with Crippen molar-refractivity contribution < 1.29 is 4.79 Å². The summed E-state index contributed by atoms with van der Waals surface area (Å²) in [6, 6.07) is 6.81. The molecule has 0 aliphatic carbocycles. The molecule has 57 valence electrons. The molecule has 0 saturated carbocycles. The molecule has 1 aromatic carbocycles. The number of hydrogen-bond donors (Lipinski definition) is 0. The van der Waals surface area contributed by atoms with E-state index in [1.54, 1.807) is 24.3 Å². The molecule has 1 radical (unpaired) electrons. The second-order valence-electron chi connectivity index (χ2n) is 2.18. The lowest BCUT2D eigenvalue weighted by Gasteiger charge is -1.95. The van der Waals surface area contributed by atoms with Crippen LogP contribution in [-0.4, -0.2) is 5.78 Å². The maximum atomic E-state index is 11.0. The Kier molecular flexibility index (Phi) is 2.66. The van der Waals surface area contributed by atoms with Crippen LogP contribution in [0.3, 0.4) is 0 Å². The first-order valence-corrected chi connectivity index (χ1v) is 3.70. The average Bonchev–Trinajstić information content (AvgIpc) is 2.05. The molecule has 0 aliphatic heterocycles. The van der Waals surface area contributed by atoms with Crippen molar-refractivity contribution in [1.82, 2.24) is 0 Å². The number of ketones is 1. The van der Waals surface area contributed by atoms with E-state index >= 15 is 0 Å². The van der Waals surface area contributed by atoms with Crippen molar-refractivity contribution >= 4 is 17.4 Å². The lowest BCUT2D eigenvalue weighted by atomic mass is 10.1. The van der Waals surface area contributed by atoms with Crippen LogP contribution >= 0.6 is 11.6 Å². The van der Waals surface area contributed by atoms with E-state index < -0.39 is 0 Å². The van der Waals surface area contributed by atoms with E-state index in [9.17, 15) is 4.79 Å². The van der Waals surface area contributed by atoms with Gasteiger partial charge in [0, 0.05) is 17.0 Å². The number of carbonyl (C=O) groups is 1. The topological polar surface area (TPSA) is 17.1 Å². The predicted molar refractivity (Wildman–Crippen MR) is 45.8 cm³/mol. The highest BCUT2D eigenvalue weighted by Gasteiger charge is 2.00. The average molecular weight is 168 g/mol. The van der Waals surface area contributed by atoms with Gasteiger partial charge in [-0.2, -0.15) is 0 Å². The summed E-state index contributed by atoms with van der Waals surface area (Å²) < 4.78 is 0. The van der Waals surface area contributed by atoms with Crippen molar-refractivity contribution in [2.75, 3.05) is 0 Å². The fraction of sp³-hybridized carbons (Fsp3) is 0.111. The summed E-state index contributed by atoms with van der Waals surface area (Å²) in [5.74, 6) is 0.0432. The molecule has 0 spiro atoms. The Balaban J connectivity index is 2.90. The van der Waals surface area contributed by atoms with Crippen LogP contribution in [0.4, 0.5) is 0 Å². The maximum absolute atomic E-state index is 11.0. The molecule has 0 unspecified atom stereocenters. The van der Waals surface area contributed by atoms with Crippen molar-refractivity contribution in [2.24, 2.45) is 0 Å². The van der Waals surface area contributed by atoms with Crippen LogP contribution in [0, 0.1) is 6.92 Å². The molecule has 1 nitrogen and oxygen atoms in total. The van der Waals surface area contributed by atoms with Gasteiger partial charge in [-0.3, -0.25) is 4.79 Å². The second kappa shape index (κ2) is 3.54. The zero-order valence-electron chi connectivity index (χ0n) is 6.01. The van der Waals surface area contributed by atoms with Gasteiger partial charge in [-0.05, 0) is 31.2 Å². The zero-order chi connectivity index (χ0) is 8.27. The van der Waals surface area contributed by atoms with Crippen LogP contribution in [0.15, 0.2) is 24.3 Å². The minimum absolute atomic E-state index is 0.0432. The van der Waals surface area contributed by atoms with Gasteiger partial charge in [0.05, 0.1) is 0 Å². The lowest BCUT2D eigenvalue weighted by Crippen LogP contribution is -1.94. The third-order valence-corrected chi connectivity index (χ3v) is 1.65. The summed E-state index contributed by atoms with van der Waals surface area (Å²) in [6.45, 7) is 3.50. The molecule has 0 atom stereocenters. The predicted octanol–water partition coefficient (Wildman–Crippen LogP) is 2.75. The molecule has 0 amide bonds. The second-order valence-corrected chi connectivity index (χ2v) is 2.62. The Labute approximate surface area is 71.0 Å². The molecule has 2 heteroatoms. The van der Waals surface area contributed by atoms with Crippen molar-refractivity contribution in [2.45, 2.75) is 6.42 Å². The van der Waals surface area contributed by atoms with Crippen LogP contribution in [0.2, 0.25) is 5.02 Å². The molecular weight excluding hydrogens is 160 g/mol. The largest absolute Gasteiger partial charge is 0.294 e. The van der Waals surface area contributed by atoms with E-state index in [2.05, 4.69) is 6.92 Å². The number of benzene rings is 1. The maximum Gasteiger partial charge on any atom is 0.162 e. The smallest absolute Gasteiger partial charge is 0.162 e. The monoisotopic (exact) mass is 167 g/mol. The third kappa shape index (κ3) is 2.05. The van der Waals surface area contributed by atoms with Gasteiger partial charge in [-0.1, -0.05) is 11.6 Å². The molecule has 1 aromatic rings. The summed E-state index contributed by atoms with van der Waals surface area (Å²) in [4.78, 5) is 11.0. The zero-order valence-corrected chi connectivity index (χ0v) is 6.77. The first kappa shape index (κ1) is 8.28. The van der Waals surface area contributed by atoms with E-state index in [1.165, 1.54) is 0 Å². The summed E-state index contributed by atoms with van der Waals surface area (Å²) in [5, 5.41) is 0.644. The lowest BCUT2D eigenvalue weighted by molar-refractivity contribution is 0.0995. The number of hydrogen-bond acceptors (Lipinski definition) is 1. The summed E-state index contributed by atoms with van der Waals surface area (Å²) >= 11 is 5.63. The highest BCUT2D eigenvalue weighted by Crippen LogP contribution is 2.10. The minimum atomic E-state index is 0.0432. The molecule has 0 aliphatic rings. The van der Waals surface area contributed by atoms with Crippen LogP contribution in [-0.2, 0) is 0 Å². The Morgan fingerprint density at radius 1 is 1.36 bits per heavy atom. The number of Topliss-reactive ketones (excluding diaryl/α,β-unsaturated/α-hetero) is 1. The third-order valence-electron chi connectivity index (χ3n) is 1.39. The van der Waals surface area contributed by atoms with Gasteiger partial charge in [-0.15, -0.1) is 0 Å². The van der Waals surface area contributed by atoms with E-state index in [0.29, 0.717) is 17.0 Å². The normalized spacial score (nSPS) is 9.64. The van der Waals surface area contributed by atoms with Crippen molar-refractivity contribution in [3.63, 3.8) is 0 Å². The van der Waals surface area contributed by atoms with E-state index in [-0.39, 0.29) is 5.78 Å². The fourth-order valence-electron chi connectivity index (χ4n) is 0.780. The van der Waals surface area contributed by atoms with Gasteiger partial charge in [0.15, 0.2) is 5.78 Å². The SMILES string of the molecule is [CH2]CC(=O)c1ccc(Cl)cc1. The molecular formula is C9H8ClO. The molecule has 0 fully saturated rings. The van der Waals surface area contributed by atoms with E-state index in [1.807, 2.05) is 0 Å². The Morgan fingerprint density at radius 2 is 1.91 bits per heavy atom. The van der Waals surface area contributed by atoms with Gasteiger partial charge in [0.25, 0.3) is 0 Å². The highest BCUT2D eigenvalue weighted by atomic mass is 35.5. The molecule has 1 rings (SSSR count). The van der Waals surface area contributed by atoms with Crippen LogP contribution in [0.5, 0.6) is 0 Å². The van der Waals surface area contributed by atoms with Crippen LogP contribution in [0.1, 0.15) is 16.8 Å². The molecule has 0 bridgehead atoms. The van der Waals surface area contributed by atoms with Gasteiger partial charge in [-0.25, -0.2) is 0 Å². The van der Waals surface area contributed by atoms with Crippen molar-refractivity contribution in [3.8, 4) is 0 Å². The fourth-order valence-corrected chi connectivity index (χ4v) is 0.906. The molecule has 0 aromatic heterocycles.